The summed E-state index contributed by atoms with van der Waals surface area (Å²) in [5.41, 5.74) is -7.36. The third-order valence-electron chi connectivity index (χ3n) is 11.1. The van der Waals surface area contributed by atoms with Gasteiger partial charge in [-0.1, -0.05) is 32.4 Å². The first-order valence-electron chi connectivity index (χ1n) is 14.4. The SMILES string of the molecule is CC(=O)OC(C)(C)/C=C/C(=O)[C@](C)(O)[C@@H]1[C@H](O)C[C@@]2(C)[C@H]3CC=C(C(C)(C)C(=O)O)[C@H](CC(=O)O)[C@]3(C)C(=O)C[C@]12C. The number of Topliss-reactive ketones (excluding diaryl/α,β-unsaturated/α-hetero) is 1. The highest BCUT2D eigenvalue weighted by Gasteiger charge is 2.74. The van der Waals surface area contributed by atoms with Crippen LogP contribution in [0.15, 0.2) is 23.8 Å². The van der Waals surface area contributed by atoms with Crippen molar-refractivity contribution in [1.29, 1.82) is 0 Å². The van der Waals surface area contributed by atoms with Gasteiger partial charge in [-0.2, -0.15) is 0 Å². The Morgan fingerprint density at radius 2 is 1.62 bits per heavy atom. The van der Waals surface area contributed by atoms with E-state index in [0.29, 0.717) is 5.57 Å². The number of esters is 1. The molecule has 0 saturated heterocycles. The van der Waals surface area contributed by atoms with E-state index in [1.165, 1.54) is 33.8 Å². The molecule has 4 N–H and O–H groups in total. The van der Waals surface area contributed by atoms with Crippen molar-refractivity contribution in [3.8, 4) is 0 Å². The number of fused-ring (bicyclic) bond motifs is 3. The third kappa shape index (κ3) is 5.04. The summed E-state index contributed by atoms with van der Waals surface area (Å²) in [5, 5.41) is 43.1. The lowest BCUT2D eigenvalue weighted by atomic mass is 9.39. The molecule has 8 atom stereocenters. The molecule has 42 heavy (non-hydrogen) atoms. The number of hydrogen-bond donors (Lipinski definition) is 4. The van der Waals surface area contributed by atoms with Crippen molar-refractivity contribution in [2.24, 2.45) is 39.4 Å². The van der Waals surface area contributed by atoms with E-state index in [1.807, 2.05) is 6.92 Å². The van der Waals surface area contributed by atoms with Gasteiger partial charge in [0.1, 0.15) is 17.0 Å². The molecule has 3 rings (SSSR count). The maximum absolute atomic E-state index is 14.3. The summed E-state index contributed by atoms with van der Waals surface area (Å²) in [7, 11) is 0. The van der Waals surface area contributed by atoms with Gasteiger partial charge in [0.05, 0.1) is 17.9 Å². The van der Waals surface area contributed by atoms with Gasteiger partial charge in [0, 0.05) is 30.6 Å². The van der Waals surface area contributed by atoms with Crippen molar-refractivity contribution >= 4 is 29.5 Å². The first kappa shape index (κ1) is 33.6. The lowest BCUT2D eigenvalue weighted by molar-refractivity contribution is -0.182. The molecule has 0 radical (unpaired) electrons. The molecule has 0 aromatic rings. The molecule has 2 saturated carbocycles. The minimum Gasteiger partial charge on any atom is -0.481 e. The number of aliphatic hydroxyl groups excluding tert-OH is 1. The van der Waals surface area contributed by atoms with Gasteiger partial charge < -0.3 is 25.2 Å². The van der Waals surface area contributed by atoms with Crippen LogP contribution in [0.25, 0.3) is 0 Å². The number of aliphatic carboxylic acids is 2. The second kappa shape index (κ2) is 10.4. The molecule has 234 valence electrons. The molecular weight excluding hydrogens is 544 g/mol. The molecule has 10 heteroatoms. The van der Waals surface area contributed by atoms with Gasteiger partial charge in [0.2, 0.25) is 0 Å². The fourth-order valence-corrected chi connectivity index (χ4v) is 8.76. The number of allylic oxidation sites excluding steroid dienone is 1. The molecule has 3 aliphatic carbocycles. The summed E-state index contributed by atoms with van der Waals surface area (Å²) in [6, 6.07) is 0. The molecule has 0 unspecified atom stereocenters. The molecule has 10 nitrogen and oxygen atoms in total. The zero-order valence-corrected chi connectivity index (χ0v) is 26.1. The van der Waals surface area contributed by atoms with Crippen LogP contribution in [0.4, 0.5) is 0 Å². The summed E-state index contributed by atoms with van der Waals surface area (Å²) in [6.07, 6.45) is 2.95. The van der Waals surface area contributed by atoms with Crippen molar-refractivity contribution in [3.63, 3.8) is 0 Å². The molecule has 0 aromatic carbocycles. The Hall–Kier alpha value is -2.85. The van der Waals surface area contributed by atoms with E-state index in [2.05, 4.69) is 0 Å². The van der Waals surface area contributed by atoms with E-state index in [0.717, 1.165) is 6.08 Å². The Labute approximate surface area is 247 Å². The zero-order valence-electron chi connectivity index (χ0n) is 26.1. The highest BCUT2D eigenvalue weighted by Crippen LogP contribution is 2.73. The minimum absolute atomic E-state index is 0.138. The average Bonchev–Trinajstić information content (AvgIpc) is 3.02. The largest absolute Gasteiger partial charge is 0.481 e. The molecule has 0 spiro atoms. The zero-order chi connectivity index (χ0) is 32.4. The maximum Gasteiger partial charge on any atom is 0.313 e. The van der Waals surface area contributed by atoms with Crippen LogP contribution < -0.4 is 0 Å². The highest BCUT2D eigenvalue weighted by atomic mass is 16.6. The lowest BCUT2D eigenvalue weighted by Gasteiger charge is -2.63. The first-order chi connectivity index (χ1) is 18.9. The number of hydrogen-bond acceptors (Lipinski definition) is 8. The maximum atomic E-state index is 14.3. The van der Waals surface area contributed by atoms with Gasteiger partial charge in [-0.25, -0.2) is 0 Å². The Morgan fingerprint density at radius 1 is 1.05 bits per heavy atom. The number of ether oxygens (including phenoxy) is 1. The van der Waals surface area contributed by atoms with Crippen molar-refractivity contribution in [3.05, 3.63) is 23.8 Å². The fraction of sp³-hybridized carbons (Fsp3) is 0.719. The van der Waals surface area contributed by atoms with Gasteiger partial charge in [-0.05, 0) is 76.4 Å². The Morgan fingerprint density at radius 3 is 2.12 bits per heavy atom. The minimum atomic E-state index is -2.09. The molecular formula is C32H46O10. The smallest absolute Gasteiger partial charge is 0.313 e. The quantitative estimate of drug-likeness (QED) is 0.176. The number of carbonyl (C=O) groups is 5. The van der Waals surface area contributed by atoms with E-state index in [1.54, 1.807) is 33.8 Å². The van der Waals surface area contributed by atoms with Gasteiger partial charge in [-0.3, -0.25) is 24.0 Å². The van der Waals surface area contributed by atoms with Crippen molar-refractivity contribution < 1.29 is 49.1 Å². The lowest BCUT2D eigenvalue weighted by Crippen LogP contribution is -2.64. The van der Waals surface area contributed by atoms with Crippen LogP contribution in [0.2, 0.25) is 0 Å². The van der Waals surface area contributed by atoms with Gasteiger partial charge in [0.15, 0.2) is 5.78 Å². The van der Waals surface area contributed by atoms with Crippen LogP contribution in [-0.4, -0.2) is 67.2 Å². The Balaban J connectivity index is 2.12. The van der Waals surface area contributed by atoms with Crippen LogP contribution in [0.3, 0.4) is 0 Å². The summed E-state index contributed by atoms with van der Waals surface area (Å²) < 4.78 is 5.20. The van der Waals surface area contributed by atoms with Crippen molar-refractivity contribution in [2.45, 2.75) is 105 Å². The van der Waals surface area contributed by atoms with Crippen LogP contribution in [0, 0.1) is 39.4 Å². The van der Waals surface area contributed by atoms with Gasteiger partial charge >= 0.3 is 17.9 Å². The second-order valence-corrected chi connectivity index (χ2v) is 14.5. The number of carboxylic acid groups (broad SMARTS) is 2. The van der Waals surface area contributed by atoms with E-state index in [-0.39, 0.29) is 25.0 Å². The molecule has 0 aromatic heterocycles. The summed E-state index contributed by atoms with van der Waals surface area (Å²) in [5.74, 6) is -6.23. The number of carboxylic acids is 2. The average molecular weight is 591 g/mol. The number of rotatable bonds is 9. The van der Waals surface area contributed by atoms with Crippen LogP contribution in [0.5, 0.6) is 0 Å². The molecule has 0 bridgehead atoms. The number of aliphatic hydroxyl groups is 2. The van der Waals surface area contributed by atoms with E-state index < -0.39 is 86.8 Å². The van der Waals surface area contributed by atoms with Crippen LogP contribution in [0.1, 0.15) is 88.0 Å². The topological polar surface area (TPSA) is 176 Å². The number of carbonyl (C=O) groups excluding carboxylic acids is 3. The van der Waals surface area contributed by atoms with Crippen molar-refractivity contribution in [1.82, 2.24) is 0 Å². The molecule has 3 aliphatic rings. The fourth-order valence-electron chi connectivity index (χ4n) is 8.76. The van der Waals surface area contributed by atoms with Crippen LogP contribution >= 0.6 is 0 Å². The predicted octanol–water partition coefficient (Wildman–Crippen LogP) is 3.72. The van der Waals surface area contributed by atoms with Crippen molar-refractivity contribution in [2.75, 3.05) is 0 Å². The monoisotopic (exact) mass is 590 g/mol. The third-order valence-corrected chi connectivity index (χ3v) is 11.1. The summed E-state index contributed by atoms with van der Waals surface area (Å²) in [6.45, 7) is 14.2. The molecule has 0 amide bonds. The second-order valence-electron chi connectivity index (χ2n) is 14.5. The summed E-state index contributed by atoms with van der Waals surface area (Å²) in [4.78, 5) is 63.5. The van der Waals surface area contributed by atoms with Gasteiger partial charge in [0.25, 0.3) is 0 Å². The normalized spacial score (nSPS) is 36.5. The molecule has 0 aliphatic heterocycles. The Bertz CT molecular complexity index is 1260. The van der Waals surface area contributed by atoms with Gasteiger partial charge in [-0.15, -0.1) is 0 Å². The number of ketones is 2. The summed E-state index contributed by atoms with van der Waals surface area (Å²) >= 11 is 0. The molecule has 2 fully saturated rings. The Kier molecular flexibility index (Phi) is 8.33. The standard InChI is InChI=1S/C32H46O10/c1-17(33)42-27(2,3)13-12-22(35)32(9,41)25-20(34)15-29(6)21-11-10-18(28(4,5)26(39)40)19(14-24(37)38)31(21,8)23(36)16-30(25,29)7/h10,12-13,19-21,25,34,41H,11,14-16H2,1-9H3,(H,37,38)(H,39,40)/b13-12+/t19-,20+,21+,25+,29-,30+,31-,32-/m0/s1. The molecule has 0 heterocycles. The highest BCUT2D eigenvalue weighted by molar-refractivity contribution is 5.97. The van der Waals surface area contributed by atoms with E-state index in [4.69, 9.17) is 4.74 Å². The van der Waals surface area contributed by atoms with Crippen LogP contribution in [-0.2, 0) is 28.7 Å². The van der Waals surface area contributed by atoms with E-state index >= 15 is 0 Å². The van der Waals surface area contributed by atoms with E-state index in [9.17, 15) is 44.4 Å². The first-order valence-corrected chi connectivity index (χ1v) is 14.4. The predicted molar refractivity (Wildman–Crippen MR) is 152 cm³/mol.